The van der Waals surface area contributed by atoms with E-state index < -0.39 is 6.09 Å². The van der Waals surface area contributed by atoms with E-state index in [0.29, 0.717) is 12.3 Å². The summed E-state index contributed by atoms with van der Waals surface area (Å²) in [6.07, 6.45) is 1.62. The number of hydrogen-bond acceptors (Lipinski definition) is 3. The molecule has 0 fully saturated rings. The number of carbonyl (C=O) groups excluding carboxylic acids is 1. The number of hydrogen-bond donors (Lipinski definition) is 2. The Balaban J connectivity index is 1.49. The van der Waals surface area contributed by atoms with E-state index in [-0.39, 0.29) is 6.04 Å². The van der Waals surface area contributed by atoms with Gasteiger partial charge in [-0.15, -0.1) is 0 Å². The van der Waals surface area contributed by atoms with Gasteiger partial charge in [0.1, 0.15) is 5.75 Å². The van der Waals surface area contributed by atoms with Crippen molar-refractivity contribution in [3.05, 3.63) is 59.7 Å². The van der Waals surface area contributed by atoms with Crippen molar-refractivity contribution in [3.63, 3.8) is 0 Å². The number of rotatable bonds is 3. The van der Waals surface area contributed by atoms with E-state index in [1.54, 1.807) is 12.1 Å². The molecule has 0 aromatic heterocycles. The highest BCUT2D eigenvalue weighted by Crippen LogP contribution is 2.23. The first-order chi connectivity index (χ1) is 10.7. The number of amides is 1. The van der Waals surface area contributed by atoms with Crippen LogP contribution in [-0.4, -0.2) is 18.7 Å². The Morgan fingerprint density at radius 2 is 2.00 bits per heavy atom. The van der Waals surface area contributed by atoms with Gasteiger partial charge in [-0.3, -0.25) is 0 Å². The van der Waals surface area contributed by atoms with Crippen LogP contribution in [0.3, 0.4) is 0 Å². The molecule has 2 N–H and O–H groups in total. The highest BCUT2D eigenvalue weighted by molar-refractivity contribution is 5.70. The van der Waals surface area contributed by atoms with Crippen molar-refractivity contribution in [2.45, 2.75) is 25.8 Å². The largest absolute Gasteiger partial charge is 0.412 e. The van der Waals surface area contributed by atoms with E-state index >= 15 is 0 Å². The smallest absolute Gasteiger partial charge is 0.410 e. The third-order valence-electron chi connectivity index (χ3n) is 3.86. The molecule has 0 bridgehead atoms. The van der Waals surface area contributed by atoms with Gasteiger partial charge in [0.15, 0.2) is 0 Å². The van der Waals surface area contributed by atoms with Crippen LogP contribution in [0.1, 0.15) is 17.5 Å². The molecule has 4 heteroatoms. The normalized spacial score (nSPS) is 16.3. The van der Waals surface area contributed by atoms with Gasteiger partial charge in [0.25, 0.3) is 0 Å². The van der Waals surface area contributed by atoms with E-state index in [2.05, 4.69) is 28.8 Å². The molecule has 22 heavy (non-hydrogen) atoms. The van der Waals surface area contributed by atoms with Crippen LogP contribution in [0, 0.1) is 6.92 Å². The van der Waals surface area contributed by atoms with Crippen LogP contribution in [0.25, 0.3) is 0 Å². The zero-order chi connectivity index (χ0) is 15.4. The summed E-state index contributed by atoms with van der Waals surface area (Å²) in [4.78, 5) is 11.8. The summed E-state index contributed by atoms with van der Waals surface area (Å²) in [5.74, 6) is 0.560. The van der Waals surface area contributed by atoms with Crippen molar-refractivity contribution < 1.29 is 9.53 Å². The fourth-order valence-electron chi connectivity index (χ4n) is 2.61. The molecule has 0 spiro atoms. The molecule has 1 amide bonds. The van der Waals surface area contributed by atoms with E-state index in [0.717, 1.165) is 24.1 Å². The summed E-state index contributed by atoms with van der Waals surface area (Å²) in [6.45, 7) is 2.55. The van der Waals surface area contributed by atoms with Crippen LogP contribution in [0.4, 0.5) is 10.5 Å². The quantitative estimate of drug-likeness (QED) is 0.911. The number of fused-ring (bicyclic) bond motifs is 1. The Morgan fingerprint density at radius 3 is 2.82 bits per heavy atom. The van der Waals surface area contributed by atoms with Gasteiger partial charge in [0.2, 0.25) is 0 Å². The lowest BCUT2D eigenvalue weighted by Gasteiger charge is -2.27. The lowest BCUT2D eigenvalue weighted by molar-refractivity contribution is 0.200. The number of anilines is 1. The summed E-state index contributed by atoms with van der Waals surface area (Å²) in [7, 11) is 0. The molecule has 0 saturated heterocycles. The van der Waals surface area contributed by atoms with Crippen LogP contribution in [-0.2, 0) is 6.42 Å². The van der Waals surface area contributed by atoms with E-state index in [1.165, 1.54) is 5.56 Å². The van der Waals surface area contributed by atoms with Crippen molar-refractivity contribution in [3.8, 4) is 5.75 Å². The fraction of sp³-hybridized carbons (Fsp3) is 0.278. The molecule has 1 aliphatic rings. The molecule has 1 aliphatic heterocycles. The first-order valence-electron chi connectivity index (χ1n) is 7.57. The molecule has 1 heterocycles. The maximum atomic E-state index is 11.8. The third-order valence-corrected chi connectivity index (χ3v) is 3.86. The zero-order valence-corrected chi connectivity index (χ0v) is 12.6. The average molecular weight is 296 g/mol. The Kier molecular flexibility index (Phi) is 4.28. The predicted molar refractivity (Wildman–Crippen MR) is 87.4 cm³/mol. The van der Waals surface area contributed by atoms with Crippen LogP contribution < -0.4 is 15.4 Å². The van der Waals surface area contributed by atoms with Gasteiger partial charge < -0.3 is 15.4 Å². The lowest BCUT2D eigenvalue weighted by atomic mass is 9.98. The van der Waals surface area contributed by atoms with Gasteiger partial charge in [-0.25, -0.2) is 4.79 Å². The monoisotopic (exact) mass is 296 g/mol. The maximum Gasteiger partial charge on any atom is 0.412 e. The third kappa shape index (κ3) is 3.58. The summed E-state index contributed by atoms with van der Waals surface area (Å²) >= 11 is 0. The highest BCUT2D eigenvalue weighted by Gasteiger charge is 2.18. The van der Waals surface area contributed by atoms with Gasteiger partial charge in [0.05, 0.1) is 0 Å². The van der Waals surface area contributed by atoms with Crippen molar-refractivity contribution in [1.82, 2.24) is 5.32 Å². The second-order valence-corrected chi connectivity index (χ2v) is 5.62. The van der Waals surface area contributed by atoms with Crippen LogP contribution in [0.2, 0.25) is 0 Å². The minimum Gasteiger partial charge on any atom is -0.410 e. The van der Waals surface area contributed by atoms with E-state index in [4.69, 9.17) is 4.74 Å². The minimum absolute atomic E-state index is 0.237. The average Bonchev–Trinajstić information content (AvgIpc) is 2.55. The molecule has 3 rings (SSSR count). The Bertz CT molecular complexity index is 652. The Hall–Kier alpha value is -2.49. The minimum atomic E-state index is -0.412. The number of nitrogens with one attached hydrogen (secondary N) is 2. The predicted octanol–water partition coefficient (Wildman–Crippen LogP) is 3.51. The Morgan fingerprint density at radius 1 is 1.23 bits per heavy atom. The first kappa shape index (κ1) is 14.4. The van der Waals surface area contributed by atoms with Crippen molar-refractivity contribution in [2.75, 3.05) is 11.9 Å². The van der Waals surface area contributed by atoms with E-state index in [1.807, 2.05) is 25.1 Å². The second kappa shape index (κ2) is 6.52. The molecule has 2 aromatic carbocycles. The highest BCUT2D eigenvalue weighted by atomic mass is 16.6. The molecule has 4 nitrogen and oxygen atoms in total. The standard InChI is InChI=1S/C18H20N2O2/c1-13-6-10-16(11-7-13)22-18(21)19-12-15-9-8-14-4-2-3-5-17(14)20-15/h2-7,10-11,15,20H,8-9,12H2,1H3,(H,19,21). The summed E-state index contributed by atoms with van der Waals surface area (Å²) in [5.41, 5.74) is 3.63. The Labute approximate surface area is 130 Å². The second-order valence-electron chi connectivity index (χ2n) is 5.62. The lowest BCUT2D eigenvalue weighted by Crippen LogP contribution is -2.39. The number of carbonyl (C=O) groups is 1. The van der Waals surface area contributed by atoms with Crippen LogP contribution in [0.5, 0.6) is 5.75 Å². The van der Waals surface area contributed by atoms with Crippen molar-refractivity contribution in [2.24, 2.45) is 0 Å². The molecular formula is C18H20N2O2. The molecule has 1 unspecified atom stereocenters. The SMILES string of the molecule is Cc1ccc(OC(=O)NCC2CCc3ccccc3N2)cc1. The number of benzene rings is 2. The summed E-state index contributed by atoms with van der Waals surface area (Å²) in [6, 6.07) is 16.0. The summed E-state index contributed by atoms with van der Waals surface area (Å²) < 4.78 is 5.25. The molecule has 1 atom stereocenters. The van der Waals surface area contributed by atoms with Crippen LogP contribution >= 0.6 is 0 Å². The van der Waals surface area contributed by atoms with E-state index in [9.17, 15) is 4.79 Å². The number of ether oxygens (including phenoxy) is 1. The van der Waals surface area contributed by atoms with Gasteiger partial charge in [-0.2, -0.15) is 0 Å². The van der Waals surface area contributed by atoms with Gasteiger partial charge in [-0.05, 0) is 43.5 Å². The van der Waals surface area contributed by atoms with Gasteiger partial charge in [0, 0.05) is 18.3 Å². The van der Waals surface area contributed by atoms with Crippen molar-refractivity contribution >= 4 is 11.8 Å². The fourth-order valence-corrected chi connectivity index (χ4v) is 2.61. The molecule has 114 valence electrons. The molecule has 0 saturated carbocycles. The summed E-state index contributed by atoms with van der Waals surface area (Å²) in [5, 5.41) is 6.28. The molecule has 0 aliphatic carbocycles. The topological polar surface area (TPSA) is 50.4 Å². The van der Waals surface area contributed by atoms with Gasteiger partial charge >= 0.3 is 6.09 Å². The number of aryl methyl sites for hydroxylation is 2. The maximum absolute atomic E-state index is 11.8. The first-order valence-corrected chi connectivity index (χ1v) is 7.57. The van der Waals surface area contributed by atoms with Gasteiger partial charge in [-0.1, -0.05) is 35.9 Å². The molecular weight excluding hydrogens is 276 g/mol. The van der Waals surface area contributed by atoms with Crippen molar-refractivity contribution in [1.29, 1.82) is 0 Å². The van der Waals surface area contributed by atoms with Crippen LogP contribution in [0.15, 0.2) is 48.5 Å². The number of para-hydroxylation sites is 1. The molecule has 2 aromatic rings. The zero-order valence-electron chi connectivity index (χ0n) is 12.6. The molecule has 0 radical (unpaired) electrons.